The van der Waals surface area contributed by atoms with Gasteiger partial charge in [0.2, 0.25) is 15.9 Å². The highest BCUT2D eigenvalue weighted by atomic mass is 79.9. The number of anilines is 2. The number of nitrogens with one attached hydrogen (secondary N) is 1. The van der Waals surface area contributed by atoms with Gasteiger partial charge in [-0.3, -0.25) is 9.10 Å². The Morgan fingerprint density at radius 1 is 1.28 bits per heavy atom. The first kappa shape index (κ1) is 19.0. The van der Waals surface area contributed by atoms with Crippen LogP contribution in [0.15, 0.2) is 46.9 Å². The van der Waals surface area contributed by atoms with E-state index in [0.29, 0.717) is 11.3 Å². The van der Waals surface area contributed by atoms with Crippen molar-refractivity contribution in [3.8, 4) is 6.07 Å². The summed E-state index contributed by atoms with van der Waals surface area (Å²) in [6, 6.07) is 13.4. The van der Waals surface area contributed by atoms with E-state index in [0.717, 1.165) is 20.6 Å². The first-order valence-electron chi connectivity index (χ1n) is 7.24. The molecule has 0 atom stereocenters. The van der Waals surface area contributed by atoms with E-state index in [1.165, 1.54) is 6.07 Å². The number of hydrogen-bond donors (Lipinski definition) is 1. The van der Waals surface area contributed by atoms with Crippen LogP contribution in [-0.2, 0) is 14.8 Å². The van der Waals surface area contributed by atoms with Crippen molar-refractivity contribution in [1.29, 1.82) is 5.26 Å². The number of amides is 1. The number of hydrogen-bond acceptors (Lipinski definition) is 4. The number of halogens is 1. The number of nitriles is 1. The Morgan fingerprint density at radius 3 is 2.60 bits per heavy atom. The lowest BCUT2D eigenvalue weighted by molar-refractivity contribution is -0.114. The van der Waals surface area contributed by atoms with E-state index in [1.807, 2.05) is 13.0 Å². The van der Waals surface area contributed by atoms with Gasteiger partial charge in [-0.2, -0.15) is 5.26 Å². The maximum Gasteiger partial charge on any atom is 0.245 e. The fourth-order valence-electron chi connectivity index (χ4n) is 2.18. The topological polar surface area (TPSA) is 90.3 Å². The van der Waals surface area contributed by atoms with Gasteiger partial charge in [-0.1, -0.05) is 22.0 Å². The summed E-state index contributed by atoms with van der Waals surface area (Å²) in [5.74, 6) is -0.477. The predicted molar refractivity (Wildman–Crippen MR) is 101 cm³/mol. The van der Waals surface area contributed by atoms with Gasteiger partial charge in [0.1, 0.15) is 6.54 Å². The molecule has 0 bridgehead atoms. The average Bonchev–Trinajstić information content (AvgIpc) is 2.55. The molecular weight excluding hydrogens is 406 g/mol. The Balaban J connectivity index is 2.23. The van der Waals surface area contributed by atoms with Crippen molar-refractivity contribution in [1.82, 2.24) is 0 Å². The lowest BCUT2D eigenvalue weighted by Crippen LogP contribution is -2.37. The van der Waals surface area contributed by atoms with Crippen LogP contribution < -0.4 is 9.62 Å². The van der Waals surface area contributed by atoms with Crippen molar-refractivity contribution in [2.75, 3.05) is 22.4 Å². The molecule has 1 amide bonds. The van der Waals surface area contributed by atoms with E-state index < -0.39 is 15.9 Å². The second-order valence-corrected chi connectivity index (χ2v) is 8.21. The molecule has 0 aromatic heterocycles. The van der Waals surface area contributed by atoms with Gasteiger partial charge in [-0.05, 0) is 48.9 Å². The summed E-state index contributed by atoms with van der Waals surface area (Å²) in [6.45, 7) is 1.50. The number of carbonyl (C=O) groups is 1. The highest BCUT2D eigenvalue weighted by Crippen LogP contribution is 2.21. The van der Waals surface area contributed by atoms with Crippen LogP contribution in [0.25, 0.3) is 0 Å². The minimum absolute atomic E-state index is 0.267. The largest absolute Gasteiger partial charge is 0.325 e. The van der Waals surface area contributed by atoms with E-state index in [1.54, 1.807) is 36.4 Å². The molecule has 25 heavy (non-hydrogen) atoms. The smallest absolute Gasteiger partial charge is 0.245 e. The molecule has 0 heterocycles. The third-order valence-corrected chi connectivity index (χ3v) is 5.42. The molecule has 2 aromatic rings. The molecular formula is C17H16BrN3O3S. The third-order valence-electron chi connectivity index (χ3n) is 3.39. The molecule has 0 saturated heterocycles. The van der Waals surface area contributed by atoms with Gasteiger partial charge >= 0.3 is 0 Å². The lowest BCUT2D eigenvalue weighted by atomic mass is 10.2. The van der Waals surface area contributed by atoms with Crippen LogP contribution in [0.3, 0.4) is 0 Å². The molecule has 2 rings (SSSR count). The number of nitrogens with zero attached hydrogens (tertiary/aromatic N) is 2. The molecule has 0 aliphatic rings. The average molecular weight is 422 g/mol. The van der Waals surface area contributed by atoms with Crippen LogP contribution in [-0.4, -0.2) is 27.1 Å². The van der Waals surface area contributed by atoms with Crippen molar-refractivity contribution >= 4 is 43.2 Å². The summed E-state index contributed by atoms with van der Waals surface area (Å²) >= 11 is 3.38. The summed E-state index contributed by atoms with van der Waals surface area (Å²) in [7, 11) is -3.69. The van der Waals surface area contributed by atoms with Crippen LogP contribution in [0, 0.1) is 18.3 Å². The molecule has 2 aromatic carbocycles. The Labute approximate surface area is 155 Å². The van der Waals surface area contributed by atoms with E-state index in [9.17, 15) is 13.2 Å². The summed E-state index contributed by atoms with van der Waals surface area (Å²) < 4.78 is 26.0. The lowest BCUT2D eigenvalue weighted by Gasteiger charge is -2.22. The normalized spacial score (nSPS) is 10.8. The van der Waals surface area contributed by atoms with Crippen molar-refractivity contribution in [3.05, 3.63) is 58.1 Å². The zero-order valence-corrected chi connectivity index (χ0v) is 16.1. The SMILES string of the molecule is Cc1cc(NC(=O)CN(c2cccc(C#N)c2)S(C)(=O)=O)ccc1Br. The van der Waals surface area contributed by atoms with Crippen molar-refractivity contribution < 1.29 is 13.2 Å². The Bertz CT molecular complexity index is 952. The fourth-order valence-corrected chi connectivity index (χ4v) is 3.28. The van der Waals surface area contributed by atoms with Gasteiger partial charge in [-0.25, -0.2) is 8.42 Å². The fraction of sp³-hybridized carbons (Fsp3) is 0.176. The first-order valence-corrected chi connectivity index (χ1v) is 9.88. The Kier molecular flexibility index (Phi) is 5.82. The zero-order valence-electron chi connectivity index (χ0n) is 13.7. The maximum atomic E-state index is 12.3. The molecule has 130 valence electrons. The van der Waals surface area contributed by atoms with E-state index in [4.69, 9.17) is 5.26 Å². The Hall–Kier alpha value is -2.37. The van der Waals surface area contributed by atoms with Gasteiger partial charge in [0, 0.05) is 10.2 Å². The van der Waals surface area contributed by atoms with Crippen LogP contribution in [0.2, 0.25) is 0 Å². The third kappa shape index (κ3) is 5.05. The number of carbonyl (C=O) groups excluding carboxylic acids is 1. The minimum Gasteiger partial charge on any atom is -0.325 e. The molecule has 6 nitrogen and oxygen atoms in total. The minimum atomic E-state index is -3.69. The van der Waals surface area contributed by atoms with Gasteiger partial charge < -0.3 is 5.32 Å². The van der Waals surface area contributed by atoms with E-state index in [2.05, 4.69) is 21.2 Å². The summed E-state index contributed by atoms with van der Waals surface area (Å²) in [6.07, 6.45) is 1.02. The van der Waals surface area contributed by atoms with Gasteiger partial charge in [0.25, 0.3) is 0 Å². The molecule has 0 aliphatic carbocycles. The second-order valence-electron chi connectivity index (χ2n) is 5.44. The van der Waals surface area contributed by atoms with Crippen molar-refractivity contribution in [2.24, 2.45) is 0 Å². The highest BCUT2D eigenvalue weighted by molar-refractivity contribution is 9.10. The van der Waals surface area contributed by atoms with Gasteiger partial charge in [0.15, 0.2) is 0 Å². The summed E-state index contributed by atoms with van der Waals surface area (Å²) in [5.41, 5.74) is 2.10. The molecule has 0 unspecified atom stereocenters. The first-order chi connectivity index (χ1) is 11.7. The van der Waals surface area contributed by atoms with Gasteiger partial charge in [-0.15, -0.1) is 0 Å². The number of sulfonamides is 1. The van der Waals surface area contributed by atoms with Gasteiger partial charge in [0.05, 0.1) is 23.6 Å². The highest BCUT2D eigenvalue weighted by Gasteiger charge is 2.21. The van der Waals surface area contributed by atoms with Crippen LogP contribution in [0.1, 0.15) is 11.1 Å². The second kappa shape index (κ2) is 7.68. The molecule has 0 saturated carbocycles. The summed E-state index contributed by atoms with van der Waals surface area (Å²) in [5, 5.41) is 11.7. The van der Waals surface area contributed by atoms with E-state index >= 15 is 0 Å². The summed E-state index contributed by atoms with van der Waals surface area (Å²) in [4.78, 5) is 12.3. The molecule has 0 spiro atoms. The van der Waals surface area contributed by atoms with Crippen molar-refractivity contribution in [3.63, 3.8) is 0 Å². The Morgan fingerprint density at radius 2 is 2.00 bits per heavy atom. The van der Waals surface area contributed by atoms with Crippen LogP contribution >= 0.6 is 15.9 Å². The molecule has 0 aliphatic heterocycles. The standard InChI is InChI=1S/C17H16BrN3O3S/c1-12-8-14(6-7-16(12)18)20-17(22)11-21(25(2,23)24)15-5-3-4-13(9-15)10-19/h3-9H,11H2,1-2H3,(H,20,22). The zero-order chi connectivity index (χ0) is 18.6. The monoisotopic (exact) mass is 421 g/mol. The number of rotatable bonds is 5. The molecule has 1 N–H and O–H groups in total. The molecule has 0 fully saturated rings. The predicted octanol–water partition coefficient (Wildman–Crippen LogP) is 3.03. The van der Waals surface area contributed by atoms with Crippen LogP contribution in [0.5, 0.6) is 0 Å². The molecule has 0 radical (unpaired) electrons. The number of aryl methyl sites for hydroxylation is 1. The quantitative estimate of drug-likeness (QED) is 0.802. The van der Waals surface area contributed by atoms with E-state index in [-0.39, 0.29) is 12.2 Å². The van der Waals surface area contributed by atoms with Crippen molar-refractivity contribution in [2.45, 2.75) is 6.92 Å². The maximum absolute atomic E-state index is 12.3. The number of benzene rings is 2. The molecule has 8 heteroatoms. The van der Waals surface area contributed by atoms with Crippen LogP contribution in [0.4, 0.5) is 11.4 Å².